The number of hydrogen-bond donors (Lipinski definition) is 1. The number of nitrogens with zero attached hydrogens (tertiary/aromatic N) is 4. The molecule has 0 saturated heterocycles. The number of benzene rings is 2. The summed E-state index contributed by atoms with van der Waals surface area (Å²) in [6.07, 6.45) is 0.409. The summed E-state index contributed by atoms with van der Waals surface area (Å²) >= 11 is 1.29. The largest absolute Gasteiger partial charge is 0.326 e. The Morgan fingerprint density at radius 1 is 1.07 bits per heavy atom. The van der Waals surface area contributed by atoms with Gasteiger partial charge in [0.2, 0.25) is 11.1 Å². The lowest BCUT2D eigenvalue weighted by atomic mass is 10.1. The van der Waals surface area contributed by atoms with Crippen LogP contribution < -0.4 is 5.32 Å². The van der Waals surface area contributed by atoms with E-state index in [-0.39, 0.29) is 17.4 Å². The normalized spacial score (nSPS) is 10.7. The summed E-state index contributed by atoms with van der Waals surface area (Å²) in [7, 11) is 0. The molecule has 0 aliphatic heterocycles. The molecule has 3 rings (SSSR count). The molecule has 1 amide bonds. The summed E-state index contributed by atoms with van der Waals surface area (Å²) in [5.41, 5.74) is 4.30. The fourth-order valence-electron chi connectivity index (χ4n) is 2.75. The maximum atomic E-state index is 12.5. The molecule has 28 heavy (non-hydrogen) atoms. The number of ketones is 1. The molecule has 1 N–H and O–H groups in total. The number of amides is 1. The molecule has 0 saturated carbocycles. The molecule has 1 aromatic heterocycles. The summed E-state index contributed by atoms with van der Waals surface area (Å²) in [4.78, 5) is 24.0. The third-order valence-electron chi connectivity index (χ3n) is 4.24. The lowest BCUT2D eigenvalue weighted by Crippen LogP contribution is -2.10. The van der Waals surface area contributed by atoms with Crippen molar-refractivity contribution in [2.45, 2.75) is 32.3 Å². The van der Waals surface area contributed by atoms with E-state index < -0.39 is 0 Å². The van der Waals surface area contributed by atoms with Crippen molar-refractivity contribution in [3.63, 3.8) is 0 Å². The number of carbonyl (C=O) groups is 2. The number of para-hydroxylation sites is 1. The SMILES string of the molecule is CCC(=O)Nc1ccc(C(=O)CSc2nnnn2-c2c(C)cccc2C)cc1. The van der Waals surface area contributed by atoms with Gasteiger partial charge in [-0.1, -0.05) is 36.9 Å². The molecule has 1 heterocycles. The zero-order valence-electron chi connectivity index (χ0n) is 16.0. The number of thioether (sulfide) groups is 1. The fourth-order valence-corrected chi connectivity index (χ4v) is 3.52. The molecule has 8 heteroatoms. The molecule has 7 nitrogen and oxygen atoms in total. The summed E-state index contributed by atoms with van der Waals surface area (Å²) in [6, 6.07) is 12.9. The first-order chi connectivity index (χ1) is 13.5. The van der Waals surface area contributed by atoms with E-state index in [9.17, 15) is 9.59 Å². The van der Waals surface area contributed by atoms with E-state index >= 15 is 0 Å². The zero-order valence-corrected chi connectivity index (χ0v) is 16.8. The van der Waals surface area contributed by atoms with Crippen LogP contribution in [0.3, 0.4) is 0 Å². The Bertz CT molecular complexity index is 978. The van der Waals surface area contributed by atoms with E-state index in [1.54, 1.807) is 35.9 Å². The number of aromatic nitrogens is 4. The first kappa shape index (κ1) is 19.8. The number of anilines is 1. The molecule has 144 valence electrons. The number of Topliss-reactive ketones (excluding diaryl/α,β-unsaturated/α-hetero) is 1. The van der Waals surface area contributed by atoms with Crippen LogP contribution in [-0.2, 0) is 4.79 Å². The number of rotatable bonds is 7. The van der Waals surface area contributed by atoms with Crippen molar-refractivity contribution in [1.29, 1.82) is 0 Å². The summed E-state index contributed by atoms with van der Waals surface area (Å²) in [5.74, 6) is 0.119. The molecule has 0 radical (unpaired) electrons. The molecule has 3 aromatic rings. The van der Waals surface area contributed by atoms with Crippen LogP contribution in [0.1, 0.15) is 34.8 Å². The van der Waals surface area contributed by atoms with Gasteiger partial charge in [0.25, 0.3) is 0 Å². The summed E-state index contributed by atoms with van der Waals surface area (Å²) in [5, 5.41) is 15.3. The van der Waals surface area contributed by atoms with E-state index in [0.29, 0.717) is 22.8 Å². The van der Waals surface area contributed by atoms with Gasteiger partial charge in [0.1, 0.15) is 0 Å². The van der Waals surface area contributed by atoms with Gasteiger partial charge in [0.15, 0.2) is 5.78 Å². The van der Waals surface area contributed by atoms with Crippen LogP contribution in [0, 0.1) is 13.8 Å². The van der Waals surface area contributed by atoms with Crippen molar-refractivity contribution in [2.75, 3.05) is 11.1 Å². The minimum absolute atomic E-state index is 0.0329. The Balaban J connectivity index is 1.69. The van der Waals surface area contributed by atoms with E-state index in [0.717, 1.165) is 16.8 Å². The Kier molecular flexibility index (Phi) is 6.20. The van der Waals surface area contributed by atoms with Gasteiger partial charge in [0, 0.05) is 17.7 Å². The van der Waals surface area contributed by atoms with Crippen LogP contribution >= 0.6 is 11.8 Å². The zero-order chi connectivity index (χ0) is 20.1. The Morgan fingerprint density at radius 2 is 1.75 bits per heavy atom. The second-order valence-corrected chi connectivity index (χ2v) is 7.25. The predicted molar refractivity (Wildman–Crippen MR) is 109 cm³/mol. The molecule has 0 bridgehead atoms. The quantitative estimate of drug-likeness (QED) is 0.486. The first-order valence-corrected chi connectivity index (χ1v) is 9.89. The first-order valence-electron chi connectivity index (χ1n) is 8.90. The number of tetrazole rings is 1. The maximum Gasteiger partial charge on any atom is 0.224 e. The highest BCUT2D eigenvalue weighted by molar-refractivity contribution is 7.99. The second kappa shape index (κ2) is 8.79. The van der Waals surface area contributed by atoms with Crippen LogP contribution in [0.15, 0.2) is 47.6 Å². The topological polar surface area (TPSA) is 89.8 Å². The number of hydrogen-bond acceptors (Lipinski definition) is 6. The molecular weight excluding hydrogens is 374 g/mol. The van der Waals surface area contributed by atoms with Crippen molar-refractivity contribution >= 4 is 29.1 Å². The van der Waals surface area contributed by atoms with Gasteiger partial charge in [0.05, 0.1) is 11.4 Å². The van der Waals surface area contributed by atoms with E-state index in [4.69, 9.17) is 0 Å². The molecule has 0 aliphatic rings. The number of aryl methyl sites for hydroxylation is 2. The highest BCUT2D eigenvalue weighted by Gasteiger charge is 2.15. The smallest absolute Gasteiger partial charge is 0.224 e. The molecule has 0 fully saturated rings. The third-order valence-corrected chi connectivity index (χ3v) is 5.16. The number of nitrogens with one attached hydrogen (secondary N) is 1. The molecule has 0 aliphatic carbocycles. The average Bonchev–Trinajstić information content (AvgIpc) is 3.14. The van der Waals surface area contributed by atoms with Gasteiger partial charge in [-0.3, -0.25) is 9.59 Å². The van der Waals surface area contributed by atoms with Gasteiger partial charge in [-0.2, -0.15) is 4.68 Å². The van der Waals surface area contributed by atoms with Crippen molar-refractivity contribution in [3.8, 4) is 5.69 Å². The lowest BCUT2D eigenvalue weighted by molar-refractivity contribution is -0.115. The van der Waals surface area contributed by atoms with Crippen LogP contribution in [0.4, 0.5) is 5.69 Å². The standard InChI is InChI=1S/C20H21N5O2S/c1-4-18(27)21-16-10-8-15(9-11-16)17(26)12-28-20-22-23-24-25(20)19-13(2)6-5-7-14(19)3/h5-11H,4,12H2,1-3H3,(H,21,27). The van der Waals surface area contributed by atoms with Crippen LogP contribution in [0.5, 0.6) is 0 Å². The van der Waals surface area contributed by atoms with Gasteiger partial charge in [-0.05, 0) is 59.7 Å². The van der Waals surface area contributed by atoms with Gasteiger partial charge in [-0.25, -0.2) is 0 Å². The fraction of sp³-hybridized carbons (Fsp3) is 0.250. The average molecular weight is 395 g/mol. The Labute approximate surface area is 167 Å². The van der Waals surface area contributed by atoms with Crippen molar-refractivity contribution < 1.29 is 9.59 Å². The Hall–Kier alpha value is -3.00. The summed E-state index contributed by atoms with van der Waals surface area (Å²) in [6.45, 7) is 5.79. The van der Waals surface area contributed by atoms with E-state index in [1.807, 2.05) is 32.0 Å². The van der Waals surface area contributed by atoms with E-state index in [1.165, 1.54) is 11.8 Å². The molecular formula is C20H21N5O2S. The van der Waals surface area contributed by atoms with Gasteiger partial charge in [-0.15, -0.1) is 5.10 Å². The second-order valence-electron chi connectivity index (χ2n) is 6.30. The van der Waals surface area contributed by atoms with Crippen molar-refractivity contribution in [1.82, 2.24) is 20.2 Å². The van der Waals surface area contributed by atoms with Crippen LogP contribution in [-0.4, -0.2) is 37.7 Å². The molecule has 0 unspecified atom stereocenters. The van der Waals surface area contributed by atoms with Gasteiger partial charge >= 0.3 is 0 Å². The van der Waals surface area contributed by atoms with Crippen LogP contribution in [0.2, 0.25) is 0 Å². The molecule has 0 spiro atoms. The van der Waals surface area contributed by atoms with Gasteiger partial charge < -0.3 is 5.32 Å². The highest BCUT2D eigenvalue weighted by Crippen LogP contribution is 2.24. The van der Waals surface area contributed by atoms with Crippen molar-refractivity contribution in [3.05, 3.63) is 59.2 Å². The molecule has 2 aromatic carbocycles. The highest BCUT2D eigenvalue weighted by atomic mass is 32.2. The predicted octanol–water partition coefficient (Wildman–Crippen LogP) is 3.60. The minimum atomic E-state index is -0.0621. The third kappa shape index (κ3) is 4.45. The summed E-state index contributed by atoms with van der Waals surface area (Å²) < 4.78 is 1.67. The van der Waals surface area contributed by atoms with Crippen molar-refractivity contribution in [2.24, 2.45) is 0 Å². The number of carbonyl (C=O) groups excluding carboxylic acids is 2. The van der Waals surface area contributed by atoms with E-state index in [2.05, 4.69) is 20.8 Å². The molecule has 0 atom stereocenters. The minimum Gasteiger partial charge on any atom is -0.326 e. The lowest BCUT2D eigenvalue weighted by Gasteiger charge is -2.10. The Morgan fingerprint density at radius 3 is 2.39 bits per heavy atom. The van der Waals surface area contributed by atoms with Crippen LogP contribution in [0.25, 0.3) is 5.69 Å². The maximum absolute atomic E-state index is 12.5. The monoisotopic (exact) mass is 395 g/mol.